The lowest BCUT2D eigenvalue weighted by Crippen LogP contribution is -2.74. The van der Waals surface area contributed by atoms with Gasteiger partial charge in [0.25, 0.3) is 0 Å². The second-order valence-corrected chi connectivity index (χ2v) is 6.89. The number of carbonyl (C=O) groups is 1. The summed E-state index contributed by atoms with van der Waals surface area (Å²) in [7, 11) is 0. The van der Waals surface area contributed by atoms with Gasteiger partial charge in [0.15, 0.2) is 11.5 Å². The van der Waals surface area contributed by atoms with Gasteiger partial charge in [-0.2, -0.15) is 61.5 Å². The molecule has 1 N–H and O–H groups in total. The number of alkyl halides is 16. The first kappa shape index (κ1) is 29.4. The molecular formula is C16H7F16NO3. The van der Waals surface area contributed by atoms with E-state index in [4.69, 9.17) is 4.74 Å². The van der Waals surface area contributed by atoms with Gasteiger partial charge in [0, 0.05) is 11.8 Å². The molecule has 2 rings (SSSR count). The average Bonchev–Trinajstić information content (AvgIpc) is 3.20. The summed E-state index contributed by atoms with van der Waals surface area (Å²) in [5.41, 5.74) is -0.969. The Bertz CT molecular complexity index is 1010. The number of anilines is 1. The van der Waals surface area contributed by atoms with Gasteiger partial charge in [-0.15, -0.1) is 0 Å². The van der Waals surface area contributed by atoms with Crippen LogP contribution in [-0.2, 0) is 4.79 Å². The maximum atomic E-state index is 13.9. The van der Waals surface area contributed by atoms with Crippen LogP contribution in [0, 0.1) is 0 Å². The molecule has 1 amide bonds. The molecule has 0 fully saturated rings. The van der Waals surface area contributed by atoms with Crippen molar-refractivity contribution in [2.75, 3.05) is 12.1 Å². The van der Waals surface area contributed by atoms with Crippen LogP contribution < -0.4 is 14.8 Å². The predicted octanol–water partition coefficient (Wildman–Crippen LogP) is 6.07. The topological polar surface area (TPSA) is 47.6 Å². The first-order chi connectivity index (χ1) is 15.9. The number of nitrogens with one attached hydrogen (secondary N) is 1. The van der Waals surface area contributed by atoms with Gasteiger partial charge in [0.2, 0.25) is 6.79 Å². The predicted molar refractivity (Wildman–Crippen MR) is 81.8 cm³/mol. The highest BCUT2D eigenvalue weighted by atomic mass is 19.4. The Labute approximate surface area is 187 Å². The maximum absolute atomic E-state index is 13.9. The largest absolute Gasteiger partial charge is 0.454 e. The fourth-order valence-electron chi connectivity index (χ4n) is 2.46. The summed E-state index contributed by atoms with van der Waals surface area (Å²) in [5, 5.41) is 0.812. The number of carbonyl (C=O) groups excluding carboxylic acids is 1. The first-order valence-electron chi connectivity index (χ1n) is 8.55. The number of hydrogen-bond acceptors (Lipinski definition) is 3. The van der Waals surface area contributed by atoms with Gasteiger partial charge in [-0.1, -0.05) is 0 Å². The molecule has 0 radical (unpaired) electrons. The lowest BCUT2D eigenvalue weighted by Gasteiger charge is -2.42. The summed E-state index contributed by atoms with van der Waals surface area (Å²) in [4.78, 5) is 11.5. The zero-order valence-electron chi connectivity index (χ0n) is 16.3. The molecular weight excluding hydrogens is 558 g/mol. The Morgan fingerprint density at radius 3 is 1.64 bits per heavy atom. The molecule has 0 spiro atoms. The highest BCUT2D eigenvalue weighted by Gasteiger charge is 2.94. The molecule has 1 aromatic carbocycles. The molecule has 1 aliphatic rings. The van der Waals surface area contributed by atoms with Crippen LogP contribution in [0.1, 0.15) is 0 Å². The van der Waals surface area contributed by atoms with Crippen molar-refractivity contribution in [1.82, 2.24) is 0 Å². The van der Waals surface area contributed by atoms with Crippen LogP contribution in [0.25, 0.3) is 0 Å². The summed E-state index contributed by atoms with van der Waals surface area (Å²) < 4.78 is 222. The Morgan fingerprint density at radius 1 is 0.694 bits per heavy atom. The highest BCUT2D eigenvalue weighted by Crippen LogP contribution is 2.62. The molecule has 206 valence electrons. The van der Waals surface area contributed by atoms with Crippen LogP contribution in [0.4, 0.5) is 75.9 Å². The van der Waals surface area contributed by atoms with Crippen molar-refractivity contribution < 1.29 is 84.5 Å². The second-order valence-electron chi connectivity index (χ2n) is 6.89. The minimum atomic E-state index is -8.58. The lowest BCUT2D eigenvalue weighted by atomic mass is 9.89. The molecule has 20 heteroatoms. The number of fused-ring (bicyclic) bond motifs is 1. The third-order valence-corrected chi connectivity index (χ3v) is 4.58. The number of rotatable bonds is 9. The Balaban J connectivity index is 2.47. The van der Waals surface area contributed by atoms with Crippen molar-refractivity contribution in [3.05, 3.63) is 18.2 Å². The van der Waals surface area contributed by atoms with Crippen LogP contribution in [0.5, 0.6) is 11.5 Å². The number of amides is 1. The molecule has 0 aliphatic carbocycles. The van der Waals surface area contributed by atoms with Crippen molar-refractivity contribution in [1.29, 1.82) is 0 Å². The van der Waals surface area contributed by atoms with Gasteiger partial charge in [0.1, 0.15) is 0 Å². The van der Waals surface area contributed by atoms with Gasteiger partial charge in [-0.05, 0) is 12.1 Å². The third kappa shape index (κ3) is 3.82. The minimum absolute atomic E-state index is 0.111. The second kappa shape index (κ2) is 8.35. The zero-order valence-corrected chi connectivity index (χ0v) is 16.3. The molecule has 0 saturated heterocycles. The molecule has 4 nitrogen and oxygen atoms in total. The van der Waals surface area contributed by atoms with E-state index in [1.54, 1.807) is 0 Å². The smallest absolute Gasteiger partial charge is 0.393 e. The Hall–Kier alpha value is -2.83. The van der Waals surface area contributed by atoms with E-state index in [1.165, 1.54) is 0 Å². The maximum Gasteiger partial charge on any atom is 0.393 e. The van der Waals surface area contributed by atoms with Gasteiger partial charge in [0.05, 0.1) is 0 Å². The molecule has 1 aromatic rings. The normalized spacial score (nSPS) is 15.9. The van der Waals surface area contributed by atoms with E-state index in [0.29, 0.717) is 12.1 Å². The lowest BCUT2D eigenvalue weighted by molar-refractivity contribution is -0.443. The van der Waals surface area contributed by atoms with E-state index in [2.05, 4.69) is 4.74 Å². The Morgan fingerprint density at radius 2 is 1.14 bits per heavy atom. The van der Waals surface area contributed by atoms with Gasteiger partial charge < -0.3 is 14.8 Å². The number of benzene rings is 1. The van der Waals surface area contributed by atoms with Crippen molar-refractivity contribution in [3.63, 3.8) is 0 Å². The van der Waals surface area contributed by atoms with Gasteiger partial charge >= 0.3 is 53.8 Å². The summed E-state index contributed by atoms with van der Waals surface area (Å²) in [6, 6.07) is 1.98. The van der Waals surface area contributed by atoms with Crippen LogP contribution in [0.2, 0.25) is 0 Å². The third-order valence-electron chi connectivity index (χ3n) is 4.58. The van der Waals surface area contributed by atoms with Crippen molar-refractivity contribution in [3.8, 4) is 11.5 Å². The first-order valence-corrected chi connectivity index (χ1v) is 8.55. The van der Waals surface area contributed by atoms with Crippen molar-refractivity contribution in [2.24, 2.45) is 0 Å². The van der Waals surface area contributed by atoms with E-state index in [0.717, 1.165) is 11.4 Å². The minimum Gasteiger partial charge on any atom is -0.454 e. The highest BCUT2D eigenvalue weighted by molar-refractivity contribution is 5.97. The molecule has 36 heavy (non-hydrogen) atoms. The van der Waals surface area contributed by atoms with Gasteiger partial charge in [-0.25, -0.2) is 8.78 Å². The molecule has 0 unspecified atom stereocenters. The molecule has 1 aliphatic heterocycles. The molecule has 0 atom stereocenters. The summed E-state index contributed by atoms with van der Waals surface area (Å²) in [6.07, 6.45) is -5.93. The van der Waals surface area contributed by atoms with Crippen LogP contribution in [-0.4, -0.2) is 60.6 Å². The fourth-order valence-corrected chi connectivity index (χ4v) is 2.46. The molecule has 1 heterocycles. The quantitative estimate of drug-likeness (QED) is 0.371. The van der Waals surface area contributed by atoms with E-state index in [9.17, 15) is 75.0 Å². The monoisotopic (exact) mass is 565 g/mol. The molecule has 0 aromatic heterocycles. The standard InChI is InChI=1S/C16H7F16NO3/c17-8(18)10(19,20)12(23,24)14(27,28)16(31,32)15(29,30)13(25,26)11(21,22)9(34)33-5-1-2-6-7(3-5)36-4-35-6/h1-3,8H,4H2,(H,33,34). The van der Waals surface area contributed by atoms with E-state index in [1.807, 2.05) is 0 Å². The van der Waals surface area contributed by atoms with Crippen LogP contribution in [0.15, 0.2) is 18.2 Å². The summed E-state index contributed by atoms with van der Waals surface area (Å²) in [5.74, 6) is -60.4. The molecule has 0 bridgehead atoms. The molecule has 0 saturated carbocycles. The van der Waals surface area contributed by atoms with E-state index in [-0.39, 0.29) is 11.5 Å². The van der Waals surface area contributed by atoms with E-state index >= 15 is 0 Å². The van der Waals surface area contributed by atoms with Crippen molar-refractivity contribution >= 4 is 11.6 Å². The Kier molecular flexibility index (Phi) is 6.82. The summed E-state index contributed by atoms with van der Waals surface area (Å²) in [6.45, 7) is -0.467. The SMILES string of the molecule is O=C(Nc1ccc2c(c1)OCO2)C(F)(F)C(F)(F)C(F)(F)C(F)(F)C(F)(F)C(F)(F)C(F)(F)C(F)F. The number of hydrogen-bond donors (Lipinski definition) is 1. The van der Waals surface area contributed by atoms with Gasteiger partial charge in [-0.3, -0.25) is 4.79 Å². The van der Waals surface area contributed by atoms with Crippen LogP contribution in [0.3, 0.4) is 0 Å². The van der Waals surface area contributed by atoms with Crippen LogP contribution >= 0.6 is 0 Å². The zero-order chi connectivity index (χ0) is 28.3. The fraction of sp³-hybridized carbons (Fsp3) is 0.562. The number of halogens is 16. The van der Waals surface area contributed by atoms with Crippen molar-refractivity contribution in [2.45, 2.75) is 47.9 Å². The average molecular weight is 565 g/mol. The summed E-state index contributed by atoms with van der Waals surface area (Å²) >= 11 is 0. The van der Waals surface area contributed by atoms with E-state index < -0.39 is 66.3 Å². The number of ether oxygens (including phenoxy) is 2.